The van der Waals surface area contributed by atoms with Gasteiger partial charge in [-0.1, -0.05) is 18.2 Å². The normalized spacial score (nSPS) is 26.6. The third kappa shape index (κ3) is 3.18. The van der Waals surface area contributed by atoms with Crippen molar-refractivity contribution in [3.8, 4) is 0 Å². The molecule has 0 saturated carbocycles. The first-order valence-electron chi connectivity index (χ1n) is 5.11. The number of aliphatic hydroxyl groups is 1. The van der Waals surface area contributed by atoms with E-state index < -0.39 is 6.10 Å². The summed E-state index contributed by atoms with van der Waals surface area (Å²) < 4.78 is 0. The first-order chi connectivity index (χ1) is 7.16. The number of allylic oxidation sites excluding steroid dienone is 3. The van der Waals surface area contributed by atoms with Crippen LogP contribution >= 0.6 is 0 Å². The van der Waals surface area contributed by atoms with Gasteiger partial charge in [-0.2, -0.15) is 0 Å². The number of nitrogens with one attached hydrogen (secondary N) is 1. The predicted octanol–water partition coefficient (Wildman–Crippen LogP) is -0.0902. The van der Waals surface area contributed by atoms with Crippen molar-refractivity contribution >= 4 is 5.91 Å². The van der Waals surface area contributed by atoms with Crippen LogP contribution in [0.2, 0.25) is 0 Å². The van der Waals surface area contributed by atoms with Gasteiger partial charge in [-0.05, 0) is 6.92 Å². The molecule has 1 rings (SSSR count). The minimum absolute atomic E-state index is 0.0825. The summed E-state index contributed by atoms with van der Waals surface area (Å²) in [6, 6.07) is -0.118. The number of carbonyl (C=O) groups is 1. The van der Waals surface area contributed by atoms with E-state index >= 15 is 0 Å². The zero-order chi connectivity index (χ0) is 11.3. The summed E-state index contributed by atoms with van der Waals surface area (Å²) in [5.41, 5.74) is 0. The van der Waals surface area contributed by atoms with E-state index in [1.807, 2.05) is 13.0 Å². The van der Waals surface area contributed by atoms with Crippen LogP contribution in [0, 0.1) is 0 Å². The van der Waals surface area contributed by atoms with E-state index in [9.17, 15) is 9.90 Å². The molecule has 1 aliphatic heterocycles. The highest BCUT2D eigenvalue weighted by Gasteiger charge is 2.30. The second-order valence-corrected chi connectivity index (χ2v) is 3.63. The number of amides is 1. The van der Waals surface area contributed by atoms with Crippen molar-refractivity contribution in [1.29, 1.82) is 0 Å². The Balaban J connectivity index is 2.52. The minimum atomic E-state index is -0.464. The van der Waals surface area contributed by atoms with Crippen LogP contribution in [-0.2, 0) is 4.79 Å². The van der Waals surface area contributed by atoms with Crippen molar-refractivity contribution in [2.24, 2.45) is 0 Å². The fraction of sp³-hybridized carbons (Fsp3) is 0.545. The van der Waals surface area contributed by atoms with Gasteiger partial charge in [0, 0.05) is 26.2 Å². The first-order valence-corrected chi connectivity index (χ1v) is 5.11. The molecule has 0 aromatic carbocycles. The number of rotatable bonds is 3. The molecular formula is C11H18N2O2. The van der Waals surface area contributed by atoms with Crippen molar-refractivity contribution in [3.05, 3.63) is 24.3 Å². The molecule has 1 saturated heterocycles. The maximum Gasteiger partial charge on any atom is 0.246 e. The lowest BCUT2D eigenvalue weighted by Crippen LogP contribution is -2.43. The van der Waals surface area contributed by atoms with Crippen LogP contribution in [0.3, 0.4) is 0 Å². The van der Waals surface area contributed by atoms with Crippen LogP contribution in [0.4, 0.5) is 0 Å². The minimum Gasteiger partial charge on any atom is -0.390 e. The second-order valence-electron chi connectivity index (χ2n) is 3.63. The van der Waals surface area contributed by atoms with Gasteiger partial charge in [-0.3, -0.25) is 4.79 Å². The van der Waals surface area contributed by atoms with Crippen molar-refractivity contribution < 1.29 is 9.90 Å². The predicted molar refractivity (Wildman–Crippen MR) is 59.4 cm³/mol. The summed E-state index contributed by atoms with van der Waals surface area (Å²) in [7, 11) is 1.71. The third-order valence-electron chi connectivity index (χ3n) is 2.54. The van der Waals surface area contributed by atoms with Crippen LogP contribution < -0.4 is 5.32 Å². The van der Waals surface area contributed by atoms with Crippen LogP contribution in [0.15, 0.2) is 24.3 Å². The highest BCUT2D eigenvalue weighted by molar-refractivity contribution is 5.88. The Morgan fingerprint density at radius 2 is 2.20 bits per heavy atom. The summed E-state index contributed by atoms with van der Waals surface area (Å²) in [6.45, 7) is 3.10. The lowest BCUT2D eigenvalue weighted by atomic mass is 10.2. The van der Waals surface area contributed by atoms with Crippen LogP contribution in [0.25, 0.3) is 0 Å². The maximum absolute atomic E-state index is 11.6. The summed E-state index contributed by atoms with van der Waals surface area (Å²) in [5, 5.41) is 12.6. The molecule has 1 aliphatic rings. The fourth-order valence-corrected chi connectivity index (χ4v) is 1.58. The molecule has 4 nitrogen and oxygen atoms in total. The number of likely N-dealkylation sites (N-methyl/N-ethyl adjacent to an activating group) is 1. The van der Waals surface area contributed by atoms with Gasteiger partial charge in [-0.25, -0.2) is 0 Å². The molecule has 1 heterocycles. The lowest BCUT2D eigenvalue weighted by Gasteiger charge is -2.25. The SMILES string of the molecule is C/C=C/C=C/C(=O)N(C)C1CNCC1O. The Morgan fingerprint density at radius 3 is 2.73 bits per heavy atom. The van der Waals surface area contributed by atoms with Crippen molar-refractivity contribution in [2.45, 2.75) is 19.1 Å². The second kappa shape index (κ2) is 5.68. The Hall–Kier alpha value is -1.13. The number of carbonyl (C=O) groups excluding carboxylic acids is 1. The van der Waals surface area contributed by atoms with Crippen molar-refractivity contribution in [2.75, 3.05) is 20.1 Å². The molecular weight excluding hydrogens is 192 g/mol. The van der Waals surface area contributed by atoms with Gasteiger partial charge in [0.15, 0.2) is 0 Å². The zero-order valence-electron chi connectivity index (χ0n) is 9.18. The zero-order valence-corrected chi connectivity index (χ0v) is 9.18. The summed E-state index contributed by atoms with van der Waals surface area (Å²) in [4.78, 5) is 13.2. The number of aliphatic hydroxyl groups excluding tert-OH is 1. The quantitative estimate of drug-likeness (QED) is 0.505. The molecule has 84 valence electrons. The third-order valence-corrected chi connectivity index (χ3v) is 2.54. The van der Waals surface area contributed by atoms with E-state index in [4.69, 9.17) is 0 Å². The molecule has 0 aromatic rings. The molecule has 0 bridgehead atoms. The molecule has 2 unspecified atom stereocenters. The van der Waals surface area contributed by atoms with Gasteiger partial charge in [-0.15, -0.1) is 0 Å². The summed E-state index contributed by atoms with van der Waals surface area (Å²) >= 11 is 0. The maximum atomic E-state index is 11.6. The van der Waals surface area contributed by atoms with Crippen LogP contribution in [0.5, 0.6) is 0 Å². The Kier molecular flexibility index (Phi) is 4.52. The summed E-state index contributed by atoms with van der Waals surface area (Å²) in [5.74, 6) is -0.0825. The monoisotopic (exact) mass is 210 g/mol. The molecule has 1 amide bonds. The Bertz CT molecular complexity index is 274. The Labute approximate surface area is 90.3 Å². The van der Waals surface area contributed by atoms with Crippen LogP contribution in [0.1, 0.15) is 6.92 Å². The van der Waals surface area contributed by atoms with Gasteiger partial charge in [0.05, 0.1) is 12.1 Å². The van der Waals surface area contributed by atoms with E-state index in [1.54, 1.807) is 24.1 Å². The molecule has 0 spiro atoms. The molecule has 4 heteroatoms. The Morgan fingerprint density at radius 1 is 1.47 bits per heavy atom. The van der Waals surface area contributed by atoms with Crippen molar-refractivity contribution in [1.82, 2.24) is 10.2 Å². The average molecular weight is 210 g/mol. The lowest BCUT2D eigenvalue weighted by molar-refractivity contribution is -0.128. The first kappa shape index (κ1) is 11.9. The van der Waals surface area contributed by atoms with E-state index in [0.717, 1.165) is 0 Å². The van der Waals surface area contributed by atoms with Gasteiger partial charge in [0.25, 0.3) is 0 Å². The molecule has 15 heavy (non-hydrogen) atoms. The topological polar surface area (TPSA) is 52.6 Å². The molecule has 0 aromatic heterocycles. The van der Waals surface area contributed by atoms with Crippen molar-refractivity contribution in [3.63, 3.8) is 0 Å². The number of hydrogen-bond acceptors (Lipinski definition) is 3. The van der Waals surface area contributed by atoms with E-state index in [2.05, 4.69) is 5.32 Å². The fourth-order valence-electron chi connectivity index (χ4n) is 1.58. The molecule has 0 radical (unpaired) electrons. The number of nitrogens with zero attached hydrogens (tertiary/aromatic N) is 1. The largest absolute Gasteiger partial charge is 0.390 e. The standard InChI is InChI=1S/C11H18N2O2/c1-3-4-5-6-11(15)13(2)9-7-12-8-10(9)14/h3-6,9-10,12,14H,7-8H2,1-2H3/b4-3+,6-5+. The molecule has 1 fully saturated rings. The average Bonchev–Trinajstić information content (AvgIpc) is 2.63. The molecule has 0 aliphatic carbocycles. The van der Waals surface area contributed by atoms with E-state index in [1.165, 1.54) is 6.08 Å². The summed E-state index contributed by atoms with van der Waals surface area (Å²) in [6.07, 6.45) is 6.40. The van der Waals surface area contributed by atoms with Crippen LogP contribution in [-0.4, -0.2) is 48.2 Å². The highest BCUT2D eigenvalue weighted by Crippen LogP contribution is 2.07. The van der Waals surface area contributed by atoms with E-state index in [0.29, 0.717) is 13.1 Å². The van der Waals surface area contributed by atoms with Gasteiger partial charge >= 0.3 is 0 Å². The van der Waals surface area contributed by atoms with Gasteiger partial charge in [0.2, 0.25) is 5.91 Å². The molecule has 2 atom stereocenters. The van der Waals surface area contributed by atoms with Gasteiger partial charge < -0.3 is 15.3 Å². The van der Waals surface area contributed by atoms with E-state index in [-0.39, 0.29) is 11.9 Å². The van der Waals surface area contributed by atoms with Gasteiger partial charge in [0.1, 0.15) is 0 Å². The smallest absolute Gasteiger partial charge is 0.246 e. The highest BCUT2D eigenvalue weighted by atomic mass is 16.3. The number of hydrogen-bond donors (Lipinski definition) is 2. The molecule has 2 N–H and O–H groups in total. The number of β-amino-alcohol motifs (C(OH)–C–C–N with tert-alkyl or cyclic N) is 1.